The Morgan fingerprint density at radius 2 is 1.88 bits per heavy atom. The number of hydrogen-bond acceptors (Lipinski definition) is 5. The molecule has 25 heavy (non-hydrogen) atoms. The maximum Gasteiger partial charge on any atom is 0.408 e. The molecule has 7 nitrogen and oxygen atoms in total. The quantitative estimate of drug-likeness (QED) is 0.665. The fourth-order valence-corrected chi connectivity index (χ4v) is 2.08. The summed E-state index contributed by atoms with van der Waals surface area (Å²) >= 11 is 0. The van der Waals surface area contributed by atoms with Crippen LogP contribution in [0, 0.1) is 0 Å². The Morgan fingerprint density at radius 1 is 1.12 bits per heavy atom. The van der Waals surface area contributed by atoms with Crippen molar-refractivity contribution in [2.75, 3.05) is 13.2 Å². The second-order valence-corrected chi connectivity index (χ2v) is 5.30. The highest BCUT2D eigenvalue weighted by Gasteiger charge is 2.20. The summed E-state index contributed by atoms with van der Waals surface area (Å²) in [4.78, 5) is 27.9. The molecule has 7 heteroatoms. The number of aliphatic hydroxyl groups excluding tert-OH is 1. The molecule has 1 unspecified atom stereocenters. The Bertz CT molecular complexity index is 665. The van der Waals surface area contributed by atoms with Gasteiger partial charge in [0.2, 0.25) is 5.91 Å². The zero-order chi connectivity index (χ0) is 17.9. The van der Waals surface area contributed by atoms with Gasteiger partial charge in [-0.2, -0.15) is 0 Å². The third-order valence-corrected chi connectivity index (χ3v) is 3.41. The summed E-state index contributed by atoms with van der Waals surface area (Å²) < 4.78 is 5.03. The summed E-state index contributed by atoms with van der Waals surface area (Å²) in [6.45, 7) is -0.0743. The average Bonchev–Trinajstić information content (AvgIpc) is 2.66. The summed E-state index contributed by atoms with van der Waals surface area (Å²) in [7, 11) is 0. The van der Waals surface area contributed by atoms with Gasteiger partial charge in [0.05, 0.1) is 6.61 Å². The van der Waals surface area contributed by atoms with Crippen molar-refractivity contribution in [1.29, 1.82) is 0 Å². The van der Waals surface area contributed by atoms with E-state index in [9.17, 15) is 14.7 Å². The molecule has 1 aromatic carbocycles. The van der Waals surface area contributed by atoms with E-state index >= 15 is 0 Å². The molecule has 0 aliphatic heterocycles. The van der Waals surface area contributed by atoms with Gasteiger partial charge in [-0.3, -0.25) is 9.78 Å². The van der Waals surface area contributed by atoms with Gasteiger partial charge in [-0.25, -0.2) is 4.79 Å². The number of aromatic nitrogens is 1. The van der Waals surface area contributed by atoms with Gasteiger partial charge in [-0.15, -0.1) is 0 Å². The SMILES string of the molecule is O=C(NC(CO)C(=O)NCCc1ccccn1)OCc1ccccc1. The van der Waals surface area contributed by atoms with Gasteiger partial charge < -0.3 is 20.5 Å². The molecule has 0 radical (unpaired) electrons. The summed E-state index contributed by atoms with van der Waals surface area (Å²) in [6, 6.07) is 13.6. The molecule has 0 aliphatic carbocycles. The molecule has 1 aromatic heterocycles. The van der Waals surface area contributed by atoms with Crippen molar-refractivity contribution in [3.8, 4) is 0 Å². The number of rotatable bonds is 8. The zero-order valence-corrected chi connectivity index (χ0v) is 13.7. The second kappa shape index (κ2) is 10.0. The number of pyridine rings is 1. The molecule has 0 saturated heterocycles. The minimum atomic E-state index is -1.06. The topological polar surface area (TPSA) is 101 Å². The van der Waals surface area contributed by atoms with Crippen LogP contribution in [0.1, 0.15) is 11.3 Å². The fourth-order valence-electron chi connectivity index (χ4n) is 2.08. The van der Waals surface area contributed by atoms with Crippen LogP contribution in [-0.2, 0) is 22.6 Å². The highest BCUT2D eigenvalue weighted by atomic mass is 16.5. The first-order valence-corrected chi connectivity index (χ1v) is 7.94. The molecule has 2 rings (SSSR count). The first-order valence-electron chi connectivity index (χ1n) is 7.94. The lowest BCUT2D eigenvalue weighted by Gasteiger charge is -2.16. The number of carbonyl (C=O) groups is 2. The van der Waals surface area contributed by atoms with Crippen LogP contribution >= 0.6 is 0 Å². The number of ether oxygens (including phenoxy) is 1. The van der Waals surface area contributed by atoms with Crippen molar-refractivity contribution in [1.82, 2.24) is 15.6 Å². The van der Waals surface area contributed by atoms with Gasteiger partial charge >= 0.3 is 6.09 Å². The maximum atomic E-state index is 12.0. The zero-order valence-electron chi connectivity index (χ0n) is 13.7. The number of nitrogens with one attached hydrogen (secondary N) is 2. The molecule has 1 atom stereocenters. The van der Waals surface area contributed by atoms with E-state index in [0.29, 0.717) is 13.0 Å². The molecular formula is C18H21N3O4. The molecule has 2 amide bonds. The number of nitrogens with zero attached hydrogens (tertiary/aromatic N) is 1. The van der Waals surface area contributed by atoms with E-state index in [-0.39, 0.29) is 6.61 Å². The molecule has 1 heterocycles. The molecule has 0 fully saturated rings. The third kappa shape index (κ3) is 6.60. The Labute approximate surface area is 146 Å². The standard InChI is InChI=1S/C18H21N3O4/c22-12-16(17(23)20-11-9-15-8-4-5-10-19-15)21-18(24)25-13-14-6-2-1-3-7-14/h1-8,10,16,22H,9,11-13H2,(H,20,23)(H,21,24). The first-order chi connectivity index (χ1) is 12.2. The number of benzene rings is 1. The van der Waals surface area contributed by atoms with Gasteiger partial charge in [-0.1, -0.05) is 36.4 Å². The third-order valence-electron chi connectivity index (χ3n) is 3.41. The predicted octanol–water partition coefficient (Wildman–Crippen LogP) is 1.03. The van der Waals surface area contributed by atoms with Crippen molar-refractivity contribution in [3.63, 3.8) is 0 Å². The first kappa shape index (κ1) is 18.4. The summed E-state index contributed by atoms with van der Waals surface area (Å²) in [5, 5.41) is 14.3. The van der Waals surface area contributed by atoms with Crippen LogP contribution in [0.15, 0.2) is 54.7 Å². The minimum Gasteiger partial charge on any atom is -0.445 e. The largest absolute Gasteiger partial charge is 0.445 e. The van der Waals surface area contributed by atoms with Gasteiger partial charge in [0.25, 0.3) is 0 Å². The van der Waals surface area contributed by atoms with Crippen LogP contribution in [0.3, 0.4) is 0 Å². The molecule has 0 spiro atoms. The van der Waals surface area contributed by atoms with Crippen LogP contribution < -0.4 is 10.6 Å². The molecule has 0 saturated carbocycles. The predicted molar refractivity (Wildman–Crippen MR) is 91.6 cm³/mol. The van der Waals surface area contributed by atoms with E-state index in [4.69, 9.17) is 4.74 Å². The fraction of sp³-hybridized carbons (Fsp3) is 0.278. The number of alkyl carbamates (subject to hydrolysis) is 1. The number of hydrogen-bond donors (Lipinski definition) is 3. The maximum absolute atomic E-state index is 12.0. The van der Waals surface area contributed by atoms with Crippen LogP contribution in [0.5, 0.6) is 0 Å². The highest BCUT2D eigenvalue weighted by Crippen LogP contribution is 2.01. The smallest absolute Gasteiger partial charge is 0.408 e. The van der Waals surface area contributed by atoms with E-state index in [2.05, 4.69) is 15.6 Å². The van der Waals surface area contributed by atoms with Crippen LogP contribution in [0.25, 0.3) is 0 Å². The normalized spacial score (nSPS) is 11.4. The molecule has 132 valence electrons. The van der Waals surface area contributed by atoms with Crippen molar-refractivity contribution in [2.24, 2.45) is 0 Å². The van der Waals surface area contributed by atoms with E-state index < -0.39 is 24.6 Å². The molecule has 0 bridgehead atoms. The summed E-state index contributed by atoms with van der Waals surface area (Å²) in [6.07, 6.45) is 1.48. The van der Waals surface area contributed by atoms with Crippen molar-refractivity contribution >= 4 is 12.0 Å². The average molecular weight is 343 g/mol. The lowest BCUT2D eigenvalue weighted by Crippen LogP contribution is -2.49. The van der Waals surface area contributed by atoms with Gasteiger partial charge in [0.1, 0.15) is 12.6 Å². The summed E-state index contributed by atoms with van der Waals surface area (Å²) in [5.41, 5.74) is 1.68. The van der Waals surface area contributed by atoms with Crippen LogP contribution in [0.4, 0.5) is 4.79 Å². The van der Waals surface area contributed by atoms with Crippen molar-refractivity contribution < 1.29 is 19.4 Å². The highest BCUT2D eigenvalue weighted by molar-refractivity contribution is 5.85. The lowest BCUT2D eigenvalue weighted by atomic mass is 10.2. The van der Waals surface area contributed by atoms with E-state index in [1.54, 1.807) is 6.20 Å². The van der Waals surface area contributed by atoms with E-state index in [0.717, 1.165) is 11.3 Å². The minimum absolute atomic E-state index is 0.0894. The van der Waals surface area contributed by atoms with Crippen LogP contribution in [0.2, 0.25) is 0 Å². The molecule has 3 N–H and O–H groups in total. The Morgan fingerprint density at radius 3 is 2.56 bits per heavy atom. The van der Waals surface area contributed by atoms with Gasteiger partial charge in [-0.05, 0) is 17.7 Å². The number of amides is 2. The summed E-state index contributed by atoms with van der Waals surface area (Å²) in [5.74, 6) is -0.477. The monoisotopic (exact) mass is 343 g/mol. The second-order valence-electron chi connectivity index (χ2n) is 5.30. The van der Waals surface area contributed by atoms with Gasteiger partial charge in [0, 0.05) is 24.9 Å². The molecule has 2 aromatic rings. The van der Waals surface area contributed by atoms with Crippen LogP contribution in [-0.4, -0.2) is 41.3 Å². The van der Waals surface area contributed by atoms with E-state index in [1.165, 1.54) is 0 Å². The number of carbonyl (C=O) groups excluding carboxylic acids is 2. The lowest BCUT2D eigenvalue weighted by molar-refractivity contribution is -0.123. The number of aliphatic hydroxyl groups is 1. The van der Waals surface area contributed by atoms with E-state index in [1.807, 2.05) is 48.5 Å². The molecule has 0 aliphatic rings. The van der Waals surface area contributed by atoms with Crippen molar-refractivity contribution in [3.05, 3.63) is 66.0 Å². The molecular weight excluding hydrogens is 322 g/mol. The Hall–Kier alpha value is -2.93. The Balaban J connectivity index is 1.72. The van der Waals surface area contributed by atoms with Crippen molar-refractivity contribution in [2.45, 2.75) is 19.1 Å². The van der Waals surface area contributed by atoms with Gasteiger partial charge in [0.15, 0.2) is 0 Å². The Kier molecular flexibility index (Phi) is 7.40.